The van der Waals surface area contributed by atoms with Gasteiger partial charge in [0.2, 0.25) is 0 Å². The van der Waals surface area contributed by atoms with Crippen molar-refractivity contribution in [3.63, 3.8) is 0 Å². The number of fused-ring (bicyclic) bond motifs is 1. The van der Waals surface area contributed by atoms with E-state index in [1.165, 1.54) is 6.92 Å². The molecule has 1 aromatic rings. The zero-order chi connectivity index (χ0) is 19.6. The fourth-order valence-electron chi connectivity index (χ4n) is 3.94. The van der Waals surface area contributed by atoms with Gasteiger partial charge in [-0.05, 0) is 25.3 Å². The summed E-state index contributed by atoms with van der Waals surface area (Å²) in [5.41, 5.74) is -1.01. The largest absolute Gasteiger partial charge is 0.479 e. The van der Waals surface area contributed by atoms with Crippen LogP contribution in [0.2, 0.25) is 0 Å². The van der Waals surface area contributed by atoms with Gasteiger partial charge in [-0.1, -0.05) is 59.3 Å². The first-order chi connectivity index (χ1) is 12.8. The Morgan fingerprint density at radius 3 is 2.70 bits per heavy atom. The first kappa shape index (κ1) is 19.9. The Hall–Kier alpha value is -1.84. The van der Waals surface area contributed by atoms with Crippen molar-refractivity contribution in [2.45, 2.75) is 48.4 Å². The Bertz CT molecular complexity index is 726. The third-order valence-electron chi connectivity index (χ3n) is 5.37. The maximum atomic E-state index is 12.5. The summed E-state index contributed by atoms with van der Waals surface area (Å²) in [6.07, 6.45) is 1.35. The molecule has 1 aliphatic carbocycles. The Morgan fingerprint density at radius 1 is 1.33 bits per heavy atom. The molecule has 146 valence electrons. The zero-order valence-corrected chi connectivity index (χ0v) is 17.0. The van der Waals surface area contributed by atoms with Gasteiger partial charge in [-0.2, -0.15) is 0 Å². The van der Waals surface area contributed by atoms with Crippen LogP contribution in [0, 0.1) is 11.8 Å². The third kappa shape index (κ3) is 4.04. The van der Waals surface area contributed by atoms with Crippen molar-refractivity contribution in [3.05, 3.63) is 35.9 Å². The second kappa shape index (κ2) is 8.04. The number of aliphatic carboxylic acids is 1. The monoisotopic (exact) mass is 487 g/mol. The summed E-state index contributed by atoms with van der Waals surface area (Å²) >= 11 is 2.25. The van der Waals surface area contributed by atoms with E-state index in [0.717, 1.165) is 18.4 Å². The van der Waals surface area contributed by atoms with Crippen molar-refractivity contribution in [1.29, 1.82) is 0 Å². The summed E-state index contributed by atoms with van der Waals surface area (Å²) < 4.78 is 10.8. The molecular weight excluding hydrogens is 465 g/mol. The lowest BCUT2D eigenvalue weighted by molar-refractivity contribution is -0.155. The van der Waals surface area contributed by atoms with E-state index in [1.807, 2.05) is 18.2 Å². The second-order valence-corrected chi connectivity index (χ2v) is 8.78. The van der Waals surface area contributed by atoms with Crippen LogP contribution in [0.25, 0.3) is 0 Å². The van der Waals surface area contributed by atoms with Gasteiger partial charge in [0.05, 0.1) is 5.92 Å². The topological polar surface area (TPSA) is 102 Å². The molecule has 1 amide bonds. The van der Waals surface area contributed by atoms with Gasteiger partial charge in [0.1, 0.15) is 12.7 Å². The van der Waals surface area contributed by atoms with Crippen LogP contribution in [0.15, 0.2) is 30.3 Å². The Kier molecular flexibility index (Phi) is 5.92. The molecule has 0 radical (unpaired) electrons. The molecule has 5 atom stereocenters. The number of benzene rings is 1. The molecule has 8 heteroatoms. The van der Waals surface area contributed by atoms with Crippen molar-refractivity contribution in [2.75, 3.05) is 0 Å². The number of hydrogen-bond acceptors (Lipinski definition) is 5. The Labute approximate surface area is 170 Å². The van der Waals surface area contributed by atoms with Gasteiger partial charge in [-0.25, -0.2) is 9.59 Å². The number of carbonyl (C=O) groups excluding carboxylic acids is 2. The quantitative estimate of drug-likeness (QED) is 0.377. The molecule has 7 nitrogen and oxygen atoms in total. The molecular formula is C19H22INO6. The van der Waals surface area contributed by atoms with E-state index in [-0.39, 0.29) is 22.6 Å². The molecule has 3 rings (SSSR count). The highest BCUT2D eigenvalue weighted by atomic mass is 127. The minimum absolute atomic E-state index is 0.0133. The molecule has 1 saturated heterocycles. The number of hydrogen-bond donors (Lipinski definition) is 2. The van der Waals surface area contributed by atoms with Crippen LogP contribution in [0.5, 0.6) is 0 Å². The highest BCUT2D eigenvalue weighted by Crippen LogP contribution is 2.45. The fourth-order valence-corrected chi connectivity index (χ4v) is 5.06. The molecule has 0 bridgehead atoms. The summed E-state index contributed by atoms with van der Waals surface area (Å²) in [5, 5.41) is 12.2. The van der Waals surface area contributed by atoms with Crippen LogP contribution in [-0.2, 0) is 25.7 Å². The first-order valence-corrected chi connectivity index (χ1v) is 10.1. The van der Waals surface area contributed by atoms with E-state index in [1.54, 1.807) is 12.1 Å². The fraction of sp³-hybridized carbons (Fsp3) is 0.526. The number of ether oxygens (including phenoxy) is 2. The SMILES string of the molecule is C[C@@](NC(=O)OCc1ccccc1)(C(=O)O)C1C(=O)O[C@H]2[C@@H]1CCC[C@@H]2I. The average molecular weight is 487 g/mol. The maximum Gasteiger partial charge on any atom is 0.408 e. The van der Waals surface area contributed by atoms with Crippen molar-refractivity contribution in [2.24, 2.45) is 11.8 Å². The van der Waals surface area contributed by atoms with Gasteiger partial charge in [0, 0.05) is 9.84 Å². The van der Waals surface area contributed by atoms with Crippen molar-refractivity contribution >= 4 is 40.6 Å². The van der Waals surface area contributed by atoms with Crippen LogP contribution in [-0.4, -0.2) is 38.7 Å². The molecule has 2 aliphatic rings. The van der Waals surface area contributed by atoms with Gasteiger partial charge in [-0.15, -0.1) is 0 Å². The number of alkyl halides is 1. The van der Waals surface area contributed by atoms with Crippen molar-refractivity contribution in [1.82, 2.24) is 5.32 Å². The smallest absolute Gasteiger partial charge is 0.408 e. The molecule has 1 unspecified atom stereocenters. The number of alkyl carbamates (subject to hydrolysis) is 1. The van der Waals surface area contributed by atoms with E-state index in [4.69, 9.17) is 9.47 Å². The molecule has 0 spiro atoms. The average Bonchev–Trinajstić information content (AvgIpc) is 2.98. The summed E-state index contributed by atoms with van der Waals surface area (Å²) in [5.74, 6) is -3.02. The predicted octanol–water partition coefficient (Wildman–Crippen LogP) is 2.90. The van der Waals surface area contributed by atoms with E-state index in [2.05, 4.69) is 27.9 Å². The van der Waals surface area contributed by atoms with Gasteiger partial charge < -0.3 is 19.9 Å². The van der Waals surface area contributed by atoms with Gasteiger partial charge in [0.15, 0.2) is 5.54 Å². The molecule has 1 heterocycles. The lowest BCUT2D eigenvalue weighted by Gasteiger charge is -2.36. The van der Waals surface area contributed by atoms with E-state index in [0.29, 0.717) is 6.42 Å². The predicted molar refractivity (Wildman–Crippen MR) is 104 cm³/mol. The minimum Gasteiger partial charge on any atom is -0.479 e. The van der Waals surface area contributed by atoms with Crippen LogP contribution in [0.1, 0.15) is 31.7 Å². The van der Waals surface area contributed by atoms with Crippen LogP contribution in [0.3, 0.4) is 0 Å². The lowest BCUT2D eigenvalue weighted by atomic mass is 9.71. The lowest BCUT2D eigenvalue weighted by Crippen LogP contribution is -2.60. The number of halogens is 1. The summed E-state index contributed by atoms with van der Waals surface area (Å²) in [4.78, 5) is 36.8. The standard InChI is InChI=1S/C19H22INO6/c1-19(17(23)24,21-18(25)26-10-11-6-3-2-4-7-11)14-12-8-5-9-13(20)15(12)27-16(14)22/h2-4,6-7,12-15H,5,8-10H2,1H3,(H,21,25)(H,23,24)/t12-,13+,14?,15+,19+/m1/s1. The van der Waals surface area contributed by atoms with E-state index < -0.39 is 29.5 Å². The van der Waals surface area contributed by atoms with E-state index >= 15 is 0 Å². The van der Waals surface area contributed by atoms with Gasteiger partial charge in [-0.3, -0.25) is 4.79 Å². The zero-order valence-electron chi connectivity index (χ0n) is 14.9. The molecule has 27 heavy (non-hydrogen) atoms. The molecule has 1 saturated carbocycles. The summed E-state index contributed by atoms with van der Waals surface area (Å²) in [6, 6.07) is 9.07. The van der Waals surface area contributed by atoms with E-state index in [9.17, 15) is 19.5 Å². The van der Waals surface area contributed by atoms with Gasteiger partial charge in [0.25, 0.3) is 0 Å². The number of carboxylic acid groups (broad SMARTS) is 1. The second-order valence-electron chi connectivity index (χ2n) is 7.18. The van der Waals surface area contributed by atoms with Gasteiger partial charge >= 0.3 is 18.0 Å². The normalized spacial score (nSPS) is 29.2. The van der Waals surface area contributed by atoms with Crippen LogP contribution >= 0.6 is 22.6 Å². The summed E-state index contributed by atoms with van der Waals surface area (Å²) in [6.45, 7) is 1.36. The number of nitrogens with one attached hydrogen (secondary N) is 1. The Morgan fingerprint density at radius 2 is 2.04 bits per heavy atom. The maximum absolute atomic E-state index is 12.5. The number of esters is 1. The molecule has 1 aromatic carbocycles. The number of carbonyl (C=O) groups is 3. The minimum atomic E-state index is -1.79. The molecule has 2 N–H and O–H groups in total. The highest BCUT2D eigenvalue weighted by molar-refractivity contribution is 14.1. The Balaban J connectivity index is 1.74. The van der Waals surface area contributed by atoms with Crippen molar-refractivity contribution < 1.29 is 29.0 Å². The third-order valence-corrected chi connectivity index (χ3v) is 6.70. The molecule has 0 aromatic heterocycles. The number of amides is 1. The number of carboxylic acids is 1. The molecule has 2 fully saturated rings. The van der Waals surface area contributed by atoms with Crippen LogP contribution < -0.4 is 5.32 Å². The summed E-state index contributed by atoms with van der Waals surface area (Å²) in [7, 11) is 0. The molecule has 1 aliphatic heterocycles. The van der Waals surface area contributed by atoms with Crippen molar-refractivity contribution in [3.8, 4) is 0 Å². The highest BCUT2D eigenvalue weighted by Gasteiger charge is 2.59. The van der Waals surface area contributed by atoms with Crippen LogP contribution in [0.4, 0.5) is 4.79 Å². The first-order valence-electron chi connectivity index (χ1n) is 8.89. The number of rotatable bonds is 5.